The van der Waals surface area contributed by atoms with Crippen molar-refractivity contribution in [1.29, 1.82) is 0 Å². The monoisotopic (exact) mass is 244 g/mol. The van der Waals surface area contributed by atoms with Crippen LogP contribution in [0.3, 0.4) is 0 Å². The molecule has 0 aliphatic carbocycles. The number of aliphatic hydroxyl groups excluding tert-OH is 1. The molecular weight excluding hydrogens is 220 g/mol. The third-order valence-corrected chi connectivity index (χ3v) is 3.85. The molecule has 0 spiro atoms. The number of amides is 1. The van der Waals surface area contributed by atoms with Crippen LogP contribution in [0.5, 0.6) is 0 Å². The van der Waals surface area contributed by atoms with Crippen molar-refractivity contribution in [3.63, 3.8) is 0 Å². The zero-order chi connectivity index (χ0) is 12.9. The molecule has 0 bridgehead atoms. The standard InChI is InChI=1S/C12H24N2O3/c1-3-12(13,4-2)10(16)14-11(9-15)5-7-17-8-6-11/h15H,3-9,13H2,1-2H3,(H,14,16). The van der Waals surface area contributed by atoms with Crippen molar-refractivity contribution in [1.82, 2.24) is 5.32 Å². The Morgan fingerprint density at radius 2 is 1.94 bits per heavy atom. The molecule has 0 aromatic heterocycles. The summed E-state index contributed by atoms with van der Waals surface area (Å²) >= 11 is 0. The van der Waals surface area contributed by atoms with Gasteiger partial charge in [-0.1, -0.05) is 13.8 Å². The van der Waals surface area contributed by atoms with Crippen LogP contribution in [0.4, 0.5) is 0 Å². The Kier molecular flexibility index (Phi) is 4.91. The van der Waals surface area contributed by atoms with Crippen LogP contribution >= 0.6 is 0 Å². The summed E-state index contributed by atoms with van der Waals surface area (Å²) in [6.45, 7) is 4.87. The zero-order valence-corrected chi connectivity index (χ0v) is 10.8. The van der Waals surface area contributed by atoms with Gasteiger partial charge in [-0.05, 0) is 25.7 Å². The van der Waals surface area contributed by atoms with Crippen molar-refractivity contribution in [2.24, 2.45) is 5.73 Å². The van der Waals surface area contributed by atoms with E-state index < -0.39 is 11.1 Å². The lowest BCUT2D eigenvalue weighted by Gasteiger charge is -2.39. The second-order valence-corrected chi connectivity index (χ2v) is 4.87. The SMILES string of the molecule is CCC(N)(CC)C(=O)NC1(CO)CCOCC1. The Morgan fingerprint density at radius 3 is 2.35 bits per heavy atom. The van der Waals surface area contributed by atoms with Crippen LogP contribution in [-0.2, 0) is 9.53 Å². The maximum absolute atomic E-state index is 12.2. The first kappa shape index (κ1) is 14.4. The molecule has 4 N–H and O–H groups in total. The lowest BCUT2D eigenvalue weighted by molar-refractivity contribution is -0.130. The van der Waals surface area contributed by atoms with E-state index in [1.54, 1.807) is 0 Å². The molecule has 0 unspecified atom stereocenters. The van der Waals surface area contributed by atoms with Gasteiger partial charge in [0.25, 0.3) is 0 Å². The first-order valence-corrected chi connectivity index (χ1v) is 6.32. The Balaban J connectivity index is 2.70. The molecule has 0 aromatic rings. The number of hydrogen-bond acceptors (Lipinski definition) is 4. The lowest BCUT2D eigenvalue weighted by atomic mass is 9.87. The Hall–Kier alpha value is -0.650. The number of hydrogen-bond donors (Lipinski definition) is 3. The van der Waals surface area contributed by atoms with Crippen LogP contribution in [0.25, 0.3) is 0 Å². The number of carbonyl (C=O) groups is 1. The van der Waals surface area contributed by atoms with E-state index in [-0.39, 0.29) is 12.5 Å². The van der Waals surface area contributed by atoms with Gasteiger partial charge in [-0.15, -0.1) is 0 Å². The van der Waals surface area contributed by atoms with Gasteiger partial charge in [0.1, 0.15) is 0 Å². The van der Waals surface area contributed by atoms with Gasteiger partial charge in [0.2, 0.25) is 5.91 Å². The van der Waals surface area contributed by atoms with Gasteiger partial charge in [0, 0.05) is 13.2 Å². The van der Waals surface area contributed by atoms with Crippen LogP contribution in [-0.4, -0.2) is 41.9 Å². The van der Waals surface area contributed by atoms with Crippen molar-refractivity contribution in [3.05, 3.63) is 0 Å². The molecular formula is C12H24N2O3. The minimum Gasteiger partial charge on any atom is -0.394 e. The summed E-state index contributed by atoms with van der Waals surface area (Å²) in [5.41, 5.74) is 4.66. The molecule has 1 aliphatic rings. The Morgan fingerprint density at radius 1 is 1.41 bits per heavy atom. The van der Waals surface area contributed by atoms with Gasteiger partial charge in [0.15, 0.2) is 0 Å². The average molecular weight is 244 g/mol. The number of ether oxygens (including phenoxy) is 1. The van der Waals surface area contributed by atoms with Crippen LogP contribution in [0.2, 0.25) is 0 Å². The number of nitrogens with two attached hydrogens (primary N) is 1. The van der Waals surface area contributed by atoms with E-state index >= 15 is 0 Å². The van der Waals surface area contributed by atoms with Crippen molar-refractivity contribution in [3.8, 4) is 0 Å². The summed E-state index contributed by atoms with van der Waals surface area (Å²) < 4.78 is 5.25. The summed E-state index contributed by atoms with van der Waals surface area (Å²) in [4.78, 5) is 12.2. The quantitative estimate of drug-likeness (QED) is 0.643. The van der Waals surface area contributed by atoms with Gasteiger partial charge < -0.3 is 20.9 Å². The van der Waals surface area contributed by atoms with Gasteiger partial charge in [-0.3, -0.25) is 4.79 Å². The average Bonchev–Trinajstić information content (AvgIpc) is 2.38. The minimum absolute atomic E-state index is 0.0639. The Bertz CT molecular complexity index is 258. The fourth-order valence-corrected chi connectivity index (χ4v) is 2.02. The maximum Gasteiger partial charge on any atom is 0.240 e. The van der Waals surface area contributed by atoms with Gasteiger partial charge in [0.05, 0.1) is 17.7 Å². The minimum atomic E-state index is -0.833. The molecule has 5 nitrogen and oxygen atoms in total. The highest BCUT2D eigenvalue weighted by atomic mass is 16.5. The summed E-state index contributed by atoms with van der Waals surface area (Å²) in [5, 5.41) is 12.4. The number of carbonyl (C=O) groups excluding carboxylic acids is 1. The smallest absolute Gasteiger partial charge is 0.240 e. The molecule has 17 heavy (non-hydrogen) atoms. The molecule has 1 fully saturated rings. The molecule has 100 valence electrons. The van der Waals surface area contributed by atoms with Gasteiger partial charge in [-0.2, -0.15) is 0 Å². The van der Waals surface area contributed by atoms with E-state index in [2.05, 4.69) is 5.32 Å². The van der Waals surface area contributed by atoms with E-state index in [9.17, 15) is 9.90 Å². The molecule has 0 atom stereocenters. The van der Waals surface area contributed by atoms with Crippen molar-refractivity contribution < 1.29 is 14.6 Å². The normalized spacial score (nSPS) is 20.0. The van der Waals surface area contributed by atoms with E-state index in [1.165, 1.54) is 0 Å². The highest BCUT2D eigenvalue weighted by Crippen LogP contribution is 2.22. The summed E-state index contributed by atoms with van der Waals surface area (Å²) in [6, 6.07) is 0. The molecule has 0 aromatic carbocycles. The summed E-state index contributed by atoms with van der Waals surface area (Å²) in [6.07, 6.45) is 2.46. The third-order valence-electron chi connectivity index (χ3n) is 3.85. The van der Waals surface area contributed by atoms with Crippen LogP contribution in [0.15, 0.2) is 0 Å². The molecule has 0 radical (unpaired) electrons. The fourth-order valence-electron chi connectivity index (χ4n) is 2.02. The number of rotatable bonds is 5. The zero-order valence-electron chi connectivity index (χ0n) is 10.8. The second kappa shape index (κ2) is 5.80. The molecule has 1 aliphatic heterocycles. The second-order valence-electron chi connectivity index (χ2n) is 4.87. The predicted molar refractivity (Wildman–Crippen MR) is 65.5 cm³/mol. The first-order valence-electron chi connectivity index (χ1n) is 6.32. The van der Waals surface area contributed by atoms with E-state index in [0.29, 0.717) is 38.9 Å². The highest BCUT2D eigenvalue weighted by molar-refractivity contribution is 5.86. The first-order chi connectivity index (χ1) is 8.02. The summed E-state index contributed by atoms with van der Waals surface area (Å²) in [7, 11) is 0. The van der Waals surface area contributed by atoms with E-state index in [1.807, 2.05) is 13.8 Å². The molecule has 0 saturated carbocycles. The highest BCUT2D eigenvalue weighted by Gasteiger charge is 2.38. The van der Waals surface area contributed by atoms with Crippen LogP contribution < -0.4 is 11.1 Å². The van der Waals surface area contributed by atoms with E-state index in [0.717, 1.165) is 0 Å². The molecule has 5 heteroatoms. The maximum atomic E-state index is 12.2. The molecule has 1 rings (SSSR count). The van der Waals surface area contributed by atoms with Crippen LogP contribution in [0.1, 0.15) is 39.5 Å². The van der Waals surface area contributed by atoms with Gasteiger partial charge in [-0.25, -0.2) is 0 Å². The largest absolute Gasteiger partial charge is 0.394 e. The fraction of sp³-hybridized carbons (Fsp3) is 0.917. The molecule has 1 heterocycles. The number of nitrogens with one attached hydrogen (secondary N) is 1. The predicted octanol–water partition coefficient (Wildman–Crippen LogP) is 0.162. The molecule has 1 saturated heterocycles. The third kappa shape index (κ3) is 3.18. The van der Waals surface area contributed by atoms with Crippen molar-refractivity contribution >= 4 is 5.91 Å². The topological polar surface area (TPSA) is 84.6 Å². The lowest BCUT2D eigenvalue weighted by Crippen LogP contribution is -2.62. The van der Waals surface area contributed by atoms with E-state index in [4.69, 9.17) is 10.5 Å². The van der Waals surface area contributed by atoms with Crippen molar-refractivity contribution in [2.75, 3.05) is 19.8 Å². The molecule has 1 amide bonds. The van der Waals surface area contributed by atoms with Gasteiger partial charge >= 0.3 is 0 Å². The van der Waals surface area contributed by atoms with Crippen LogP contribution in [0, 0.1) is 0 Å². The van der Waals surface area contributed by atoms with Crippen molar-refractivity contribution in [2.45, 2.75) is 50.6 Å². The summed E-state index contributed by atoms with van der Waals surface area (Å²) in [5.74, 6) is -0.168. The Labute approximate surface area is 103 Å². The number of aliphatic hydroxyl groups is 1.